The standard InChI is InChI=1S/C13H16FN3/c1-9-8-17(3)13(15-9)16-10(2)11-6-4-5-7-12(11)14/h4-8,10H,1-3H3,(H,15,16). The summed E-state index contributed by atoms with van der Waals surface area (Å²) in [5.74, 6) is 0.552. The highest BCUT2D eigenvalue weighted by Crippen LogP contribution is 2.20. The summed E-state index contributed by atoms with van der Waals surface area (Å²) in [4.78, 5) is 4.33. The van der Waals surface area contributed by atoms with Gasteiger partial charge in [0.05, 0.1) is 11.7 Å². The van der Waals surface area contributed by atoms with E-state index >= 15 is 0 Å². The molecule has 0 aliphatic heterocycles. The SMILES string of the molecule is Cc1cn(C)c(NC(C)c2ccccc2F)n1. The summed E-state index contributed by atoms with van der Waals surface area (Å²) in [6.07, 6.45) is 1.93. The van der Waals surface area contributed by atoms with E-state index in [0.717, 1.165) is 11.6 Å². The molecule has 1 aromatic heterocycles. The molecule has 1 N–H and O–H groups in total. The van der Waals surface area contributed by atoms with Crippen molar-refractivity contribution in [1.29, 1.82) is 0 Å². The average molecular weight is 233 g/mol. The average Bonchev–Trinajstić information content (AvgIpc) is 2.58. The Kier molecular flexibility index (Phi) is 3.13. The third kappa shape index (κ3) is 2.46. The second kappa shape index (κ2) is 4.57. The zero-order valence-corrected chi connectivity index (χ0v) is 10.2. The zero-order valence-electron chi connectivity index (χ0n) is 10.2. The molecule has 3 nitrogen and oxygen atoms in total. The maximum atomic E-state index is 13.6. The maximum Gasteiger partial charge on any atom is 0.203 e. The van der Waals surface area contributed by atoms with Crippen molar-refractivity contribution in [3.63, 3.8) is 0 Å². The lowest BCUT2D eigenvalue weighted by atomic mass is 10.1. The predicted molar refractivity (Wildman–Crippen MR) is 66.4 cm³/mol. The van der Waals surface area contributed by atoms with E-state index < -0.39 is 0 Å². The molecule has 0 amide bonds. The molecule has 1 heterocycles. The monoisotopic (exact) mass is 233 g/mol. The molecule has 17 heavy (non-hydrogen) atoms. The fourth-order valence-corrected chi connectivity index (χ4v) is 1.85. The van der Waals surface area contributed by atoms with E-state index in [9.17, 15) is 4.39 Å². The molecule has 2 aromatic rings. The Bertz CT molecular complexity index is 519. The van der Waals surface area contributed by atoms with Crippen molar-refractivity contribution in [3.05, 3.63) is 47.5 Å². The van der Waals surface area contributed by atoms with Crippen LogP contribution >= 0.6 is 0 Å². The van der Waals surface area contributed by atoms with E-state index in [4.69, 9.17) is 0 Å². The molecule has 4 heteroatoms. The third-order valence-corrected chi connectivity index (χ3v) is 2.71. The number of halogens is 1. The van der Waals surface area contributed by atoms with Crippen LogP contribution in [0.2, 0.25) is 0 Å². The number of imidazole rings is 1. The molecule has 0 saturated carbocycles. The summed E-state index contributed by atoms with van der Waals surface area (Å²) >= 11 is 0. The highest BCUT2D eigenvalue weighted by Gasteiger charge is 2.12. The highest BCUT2D eigenvalue weighted by molar-refractivity contribution is 5.34. The highest BCUT2D eigenvalue weighted by atomic mass is 19.1. The summed E-state index contributed by atoms with van der Waals surface area (Å²) in [6.45, 7) is 3.85. The maximum absolute atomic E-state index is 13.6. The van der Waals surface area contributed by atoms with E-state index in [1.165, 1.54) is 6.07 Å². The minimum absolute atomic E-state index is 0.114. The van der Waals surface area contributed by atoms with Gasteiger partial charge in [0.25, 0.3) is 0 Å². The Balaban J connectivity index is 2.20. The van der Waals surface area contributed by atoms with E-state index in [1.807, 2.05) is 37.7 Å². The van der Waals surface area contributed by atoms with Gasteiger partial charge in [-0.1, -0.05) is 18.2 Å². The first-order valence-electron chi connectivity index (χ1n) is 5.59. The molecule has 0 saturated heterocycles. The van der Waals surface area contributed by atoms with Crippen LogP contribution in [0.1, 0.15) is 24.2 Å². The van der Waals surface area contributed by atoms with Gasteiger partial charge in [0.1, 0.15) is 5.82 Å². The van der Waals surface area contributed by atoms with Crippen LogP contribution in [0.15, 0.2) is 30.5 Å². The summed E-state index contributed by atoms with van der Waals surface area (Å²) in [5.41, 5.74) is 1.59. The first-order valence-corrected chi connectivity index (χ1v) is 5.59. The molecule has 1 atom stereocenters. The fraction of sp³-hybridized carbons (Fsp3) is 0.308. The summed E-state index contributed by atoms with van der Waals surface area (Å²) in [6, 6.07) is 6.66. The third-order valence-electron chi connectivity index (χ3n) is 2.71. The van der Waals surface area contributed by atoms with Gasteiger partial charge >= 0.3 is 0 Å². The van der Waals surface area contributed by atoms with E-state index in [-0.39, 0.29) is 11.9 Å². The Labute approximate surface area is 100 Å². The van der Waals surface area contributed by atoms with Crippen molar-refractivity contribution in [3.8, 4) is 0 Å². The Hall–Kier alpha value is -1.84. The van der Waals surface area contributed by atoms with Crippen molar-refractivity contribution < 1.29 is 4.39 Å². The van der Waals surface area contributed by atoms with Crippen molar-refractivity contribution in [2.45, 2.75) is 19.9 Å². The Morgan fingerprint density at radius 1 is 1.35 bits per heavy atom. The van der Waals surface area contributed by atoms with Gasteiger partial charge in [-0.05, 0) is 19.9 Å². The lowest BCUT2D eigenvalue weighted by Gasteiger charge is -2.15. The molecule has 0 aliphatic carbocycles. The number of hydrogen-bond acceptors (Lipinski definition) is 2. The first kappa shape index (κ1) is 11.6. The van der Waals surface area contributed by atoms with Crippen LogP contribution in [0.25, 0.3) is 0 Å². The molecule has 0 spiro atoms. The normalized spacial score (nSPS) is 12.5. The summed E-state index contributed by atoms with van der Waals surface area (Å²) in [7, 11) is 1.91. The second-order valence-corrected chi connectivity index (χ2v) is 4.20. The van der Waals surface area contributed by atoms with Crippen LogP contribution in [-0.2, 0) is 7.05 Å². The number of nitrogens with zero attached hydrogens (tertiary/aromatic N) is 2. The van der Waals surface area contributed by atoms with Crippen LogP contribution in [0.4, 0.5) is 10.3 Å². The second-order valence-electron chi connectivity index (χ2n) is 4.20. The molecule has 0 radical (unpaired) electrons. The molecule has 0 aliphatic rings. The van der Waals surface area contributed by atoms with Crippen molar-refractivity contribution in [1.82, 2.24) is 9.55 Å². The lowest BCUT2D eigenvalue weighted by Crippen LogP contribution is -2.11. The minimum Gasteiger partial charge on any atom is -0.349 e. The van der Waals surface area contributed by atoms with Gasteiger partial charge in [-0.3, -0.25) is 0 Å². The van der Waals surface area contributed by atoms with E-state index in [1.54, 1.807) is 12.1 Å². The topological polar surface area (TPSA) is 29.9 Å². The largest absolute Gasteiger partial charge is 0.349 e. The molecule has 2 rings (SSSR count). The van der Waals surface area contributed by atoms with Crippen LogP contribution in [0.3, 0.4) is 0 Å². The Morgan fingerprint density at radius 3 is 2.65 bits per heavy atom. The quantitative estimate of drug-likeness (QED) is 0.883. The van der Waals surface area contributed by atoms with Gasteiger partial charge in [0.15, 0.2) is 0 Å². The van der Waals surface area contributed by atoms with Gasteiger partial charge in [-0.25, -0.2) is 9.37 Å². The molecule has 0 fully saturated rings. The van der Waals surface area contributed by atoms with Crippen LogP contribution in [-0.4, -0.2) is 9.55 Å². The van der Waals surface area contributed by atoms with Gasteiger partial charge in [0, 0.05) is 18.8 Å². The first-order chi connectivity index (χ1) is 8.08. The van der Waals surface area contributed by atoms with Crippen LogP contribution in [0, 0.1) is 12.7 Å². The van der Waals surface area contributed by atoms with Crippen LogP contribution in [0.5, 0.6) is 0 Å². The molecule has 0 bridgehead atoms. The molecule has 1 aromatic carbocycles. The fourth-order valence-electron chi connectivity index (χ4n) is 1.85. The van der Waals surface area contributed by atoms with E-state index in [2.05, 4.69) is 10.3 Å². The van der Waals surface area contributed by atoms with Crippen molar-refractivity contribution in [2.24, 2.45) is 7.05 Å². The van der Waals surface area contributed by atoms with E-state index in [0.29, 0.717) is 5.56 Å². The van der Waals surface area contributed by atoms with Crippen LogP contribution < -0.4 is 5.32 Å². The van der Waals surface area contributed by atoms with Gasteiger partial charge in [-0.15, -0.1) is 0 Å². The van der Waals surface area contributed by atoms with Gasteiger partial charge in [0.2, 0.25) is 5.95 Å². The van der Waals surface area contributed by atoms with Gasteiger partial charge in [-0.2, -0.15) is 0 Å². The van der Waals surface area contributed by atoms with Gasteiger partial charge < -0.3 is 9.88 Å². The molecular weight excluding hydrogens is 217 g/mol. The number of benzene rings is 1. The number of nitrogens with one attached hydrogen (secondary N) is 1. The smallest absolute Gasteiger partial charge is 0.203 e. The lowest BCUT2D eigenvalue weighted by molar-refractivity contribution is 0.599. The van der Waals surface area contributed by atoms with Crippen molar-refractivity contribution >= 4 is 5.95 Å². The molecular formula is C13H16FN3. The number of aromatic nitrogens is 2. The molecule has 1 unspecified atom stereocenters. The molecule has 90 valence electrons. The van der Waals surface area contributed by atoms with Crippen molar-refractivity contribution in [2.75, 3.05) is 5.32 Å². The summed E-state index contributed by atoms with van der Waals surface area (Å²) < 4.78 is 15.5. The number of hydrogen-bond donors (Lipinski definition) is 1. The summed E-state index contributed by atoms with van der Waals surface area (Å²) in [5, 5.41) is 3.20. The minimum atomic E-state index is -0.196. The Morgan fingerprint density at radius 2 is 2.06 bits per heavy atom. The predicted octanol–water partition coefficient (Wildman–Crippen LogP) is 3.04. The zero-order chi connectivity index (χ0) is 12.4. The number of aryl methyl sites for hydroxylation is 2. The number of anilines is 1. The number of rotatable bonds is 3.